The third kappa shape index (κ3) is 2.66. The minimum Gasteiger partial charge on any atom is -0.396 e. The van der Waals surface area contributed by atoms with Gasteiger partial charge in [0.1, 0.15) is 0 Å². The van der Waals surface area contributed by atoms with Gasteiger partial charge in [0.05, 0.1) is 6.33 Å². The van der Waals surface area contributed by atoms with Gasteiger partial charge in [0.15, 0.2) is 11.2 Å². The van der Waals surface area contributed by atoms with Crippen LogP contribution in [0.5, 0.6) is 0 Å². The zero-order chi connectivity index (χ0) is 13.0. The van der Waals surface area contributed by atoms with E-state index < -0.39 is 0 Å². The first kappa shape index (κ1) is 12.5. The van der Waals surface area contributed by atoms with Crippen molar-refractivity contribution < 1.29 is 10.2 Å². The lowest BCUT2D eigenvalue weighted by Gasteiger charge is -2.11. The Morgan fingerprint density at radius 3 is 2.89 bits per heavy atom. The molecule has 0 bridgehead atoms. The van der Waals surface area contributed by atoms with Crippen LogP contribution in [0.3, 0.4) is 0 Å². The summed E-state index contributed by atoms with van der Waals surface area (Å²) >= 11 is 0. The van der Waals surface area contributed by atoms with Gasteiger partial charge in [-0.25, -0.2) is 4.98 Å². The number of aliphatic hydroxyl groups is 2. The molecule has 0 aliphatic rings. The lowest BCUT2D eigenvalue weighted by molar-refractivity contribution is 0.146. The molecular weight excluding hydrogens is 238 g/mol. The molecule has 8 nitrogen and oxygen atoms in total. The van der Waals surface area contributed by atoms with E-state index in [1.54, 1.807) is 0 Å². The summed E-state index contributed by atoms with van der Waals surface area (Å²) in [5, 5.41) is 20.7. The SMILES string of the molecule is O=c1[nH]c(NCCC(CO)CO)nc2nc[nH]c12. The molecule has 18 heavy (non-hydrogen) atoms. The molecule has 0 radical (unpaired) electrons. The van der Waals surface area contributed by atoms with Gasteiger partial charge in [0.25, 0.3) is 5.56 Å². The van der Waals surface area contributed by atoms with Crippen molar-refractivity contribution in [3.05, 3.63) is 16.7 Å². The van der Waals surface area contributed by atoms with Crippen LogP contribution in [-0.2, 0) is 0 Å². The van der Waals surface area contributed by atoms with Crippen LogP contribution < -0.4 is 10.9 Å². The van der Waals surface area contributed by atoms with Crippen LogP contribution in [-0.4, -0.2) is 49.9 Å². The summed E-state index contributed by atoms with van der Waals surface area (Å²) in [5.41, 5.74) is 0.395. The van der Waals surface area contributed by atoms with Gasteiger partial charge in [-0.2, -0.15) is 4.98 Å². The lowest BCUT2D eigenvalue weighted by Crippen LogP contribution is -2.18. The van der Waals surface area contributed by atoms with E-state index in [1.807, 2.05) is 0 Å². The second kappa shape index (κ2) is 5.61. The molecule has 2 aromatic rings. The van der Waals surface area contributed by atoms with Crippen LogP contribution in [0.4, 0.5) is 5.95 Å². The van der Waals surface area contributed by atoms with Crippen LogP contribution >= 0.6 is 0 Å². The van der Waals surface area contributed by atoms with Gasteiger partial charge >= 0.3 is 0 Å². The van der Waals surface area contributed by atoms with Crippen LogP contribution in [0.25, 0.3) is 11.2 Å². The topological polar surface area (TPSA) is 127 Å². The van der Waals surface area contributed by atoms with Crippen molar-refractivity contribution in [2.24, 2.45) is 5.92 Å². The molecule has 0 aromatic carbocycles. The summed E-state index contributed by atoms with van der Waals surface area (Å²) in [7, 11) is 0. The third-order valence-corrected chi connectivity index (χ3v) is 2.66. The minimum atomic E-state index is -0.291. The molecule has 5 N–H and O–H groups in total. The summed E-state index contributed by atoms with van der Waals surface area (Å²) in [6.07, 6.45) is 1.99. The maximum atomic E-state index is 11.6. The number of H-pyrrole nitrogens is 2. The molecular formula is C10H15N5O3. The van der Waals surface area contributed by atoms with E-state index in [1.165, 1.54) is 6.33 Å². The van der Waals surface area contributed by atoms with Crippen molar-refractivity contribution in [3.8, 4) is 0 Å². The summed E-state index contributed by atoms with van der Waals surface area (Å²) in [4.78, 5) is 24.9. The summed E-state index contributed by atoms with van der Waals surface area (Å²) in [6, 6.07) is 0. The number of imidazole rings is 1. The molecule has 8 heteroatoms. The molecule has 0 unspecified atom stereocenters. The molecule has 0 saturated carbocycles. The van der Waals surface area contributed by atoms with Crippen molar-refractivity contribution in [1.29, 1.82) is 0 Å². The van der Waals surface area contributed by atoms with E-state index in [2.05, 4.69) is 25.3 Å². The monoisotopic (exact) mass is 253 g/mol. The number of aromatic nitrogens is 4. The highest BCUT2D eigenvalue weighted by molar-refractivity contribution is 5.69. The van der Waals surface area contributed by atoms with Gasteiger partial charge in [0.2, 0.25) is 5.95 Å². The number of anilines is 1. The highest BCUT2D eigenvalue weighted by Gasteiger charge is 2.07. The van der Waals surface area contributed by atoms with Crippen molar-refractivity contribution in [2.45, 2.75) is 6.42 Å². The molecule has 0 fully saturated rings. The highest BCUT2D eigenvalue weighted by Crippen LogP contribution is 2.05. The fourth-order valence-electron chi connectivity index (χ4n) is 1.56. The molecule has 98 valence electrons. The Balaban J connectivity index is 2.01. The standard InChI is InChI=1S/C10H15N5O3/c16-3-6(4-17)1-2-11-10-14-8-7(9(18)15-10)12-5-13-8/h5-6,16-17H,1-4H2,(H3,11,12,13,14,15,18). The van der Waals surface area contributed by atoms with Crippen LogP contribution in [0.1, 0.15) is 6.42 Å². The van der Waals surface area contributed by atoms with Gasteiger partial charge in [-0.1, -0.05) is 0 Å². The molecule has 2 rings (SSSR count). The van der Waals surface area contributed by atoms with Gasteiger partial charge in [-0.3, -0.25) is 9.78 Å². The average Bonchev–Trinajstić information content (AvgIpc) is 2.83. The Hall–Kier alpha value is -1.93. The molecule has 0 atom stereocenters. The van der Waals surface area contributed by atoms with E-state index in [-0.39, 0.29) is 24.7 Å². The van der Waals surface area contributed by atoms with E-state index in [4.69, 9.17) is 10.2 Å². The zero-order valence-electron chi connectivity index (χ0n) is 9.68. The van der Waals surface area contributed by atoms with Crippen molar-refractivity contribution in [3.63, 3.8) is 0 Å². The number of aliphatic hydroxyl groups excluding tert-OH is 2. The predicted octanol–water partition coefficient (Wildman–Crippen LogP) is -0.951. The molecule has 0 saturated heterocycles. The van der Waals surface area contributed by atoms with Gasteiger partial charge < -0.3 is 20.5 Å². The number of hydrogen-bond donors (Lipinski definition) is 5. The van der Waals surface area contributed by atoms with E-state index >= 15 is 0 Å². The first-order valence-electron chi connectivity index (χ1n) is 5.63. The Kier molecular flexibility index (Phi) is 3.90. The summed E-state index contributed by atoms with van der Waals surface area (Å²) in [6.45, 7) is 0.353. The molecule has 0 amide bonds. The molecule has 2 aromatic heterocycles. The highest BCUT2D eigenvalue weighted by atomic mass is 16.3. The number of nitrogens with one attached hydrogen (secondary N) is 3. The molecule has 0 aliphatic carbocycles. The van der Waals surface area contributed by atoms with Crippen molar-refractivity contribution >= 4 is 17.1 Å². The Morgan fingerprint density at radius 2 is 2.17 bits per heavy atom. The molecule has 2 heterocycles. The van der Waals surface area contributed by atoms with Crippen LogP contribution in [0, 0.1) is 5.92 Å². The van der Waals surface area contributed by atoms with Crippen LogP contribution in [0.2, 0.25) is 0 Å². The third-order valence-electron chi connectivity index (χ3n) is 2.66. The Labute approximate surface area is 102 Å². The second-order valence-electron chi connectivity index (χ2n) is 3.96. The largest absolute Gasteiger partial charge is 0.396 e. The maximum Gasteiger partial charge on any atom is 0.278 e. The molecule has 0 aliphatic heterocycles. The van der Waals surface area contributed by atoms with Gasteiger partial charge in [-0.15, -0.1) is 0 Å². The number of fused-ring (bicyclic) bond motifs is 1. The summed E-state index contributed by atoms with van der Waals surface area (Å²) < 4.78 is 0. The smallest absolute Gasteiger partial charge is 0.278 e. The second-order valence-corrected chi connectivity index (χ2v) is 3.96. The average molecular weight is 253 g/mol. The first-order chi connectivity index (χ1) is 8.74. The Morgan fingerprint density at radius 1 is 1.39 bits per heavy atom. The van der Waals surface area contributed by atoms with Crippen molar-refractivity contribution in [1.82, 2.24) is 19.9 Å². The number of rotatable bonds is 6. The maximum absolute atomic E-state index is 11.6. The number of hydrogen-bond acceptors (Lipinski definition) is 6. The zero-order valence-corrected chi connectivity index (χ0v) is 9.68. The van der Waals surface area contributed by atoms with E-state index in [9.17, 15) is 4.79 Å². The van der Waals surface area contributed by atoms with Crippen molar-refractivity contribution in [2.75, 3.05) is 25.1 Å². The number of nitrogens with zero attached hydrogens (tertiary/aromatic N) is 2. The predicted molar refractivity (Wildman–Crippen MR) is 65.3 cm³/mol. The van der Waals surface area contributed by atoms with E-state index in [0.717, 1.165) is 0 Å². The van der Waals surface area contributed by atoms with Gasteiger partial charge in [0, 0.05) is 25.7 Å². The van der Waals surface area contributed by atoms with E-state index in [0.29, 0.717) is 30.1 Å². The van der Waals surface area contributed by atoms with Crippen LogP contribution in [0.15, 0.2) is 11.1 Å². The molecule has 0 spiro atoms. The normalized spacial score (nSPS) is 11.3. The summed E-state index contributed by atoms with van der Waals surface area (Å²) in [5.74, 6) is 0.160. The fraction of sp³-hybridized carbons (Fsp3) is 0.500. The Bertz CT molecular complexity index is 560. The number of aromatic amines is 2. The minimum absolute atomic E-state index is 0.0689. The van der Waals surface area contributed by atoms with Gasteiger partial charge in [-0.05, 0) is 6.42 Å². The fourth-order valence-corrected chi connectivity index (χ4v) is 1.56. The first-order valence-corrected chi connectivity index (χ1v) is 5.63. The lowest BCUT2D eigenvalue weighted by atomic mass is 10.1. The quantitative estimate of drug-likeness (QED) is 0.451.